The van der Waals surface area contributed by atoms with E-state index in [0.29, 0.717) is 4.90 Å². The molecule has 1 atom stereocenters. The normalized spacial score (nSPS) is 20.4. The second-order valence-corrected chi connectivity index (χ2v) is 8.91. The standard InChI is InChI=1S/C15H21N3O2S2/c1-11-6-8-21-13(11)10-18-7-4-3-5-12(18)15-14(9-16-17-15)22(2,19)20/h6,8-9,12H,3-5,7,10H2,1-2H3,(H,16,17). The molecule has 0 aromatic carbocycles. The molecule has 3 rings (SSSR count). The predicted octanol–water partition coefficient (Wildman–Crippen LogP) is 2.91. The van der Waals surface area contributed by atoms with Gasteiger partial charge in [-0.2, -0.15) is 5.10 Å². The molecule has 0 bridgehead atoms. The fraction of sp³-hybridized carbons (Fsp3) is 0.533. The van der Waals surface area contributed by atoms with Crippen LogP contribution in [0.5, 0.6) is 0 Å². The van der Waals surface area contributed by atoms with Gasteiger partial charge in [0.05, 0.1) is 17.9 Å². The Labute approximate surface area is 135 Å². The average Bonchev–Trinajstić information content (AvgIpc) is 3.09. The lowest BCUT2D eigenvalue weighted by Crippen LogP contribution is -2.33. The summed E-state index contributed by atoms with van der Waals surface area (Å²) >= 11 is 1.77. The molecule has 1 fully saturated rings. The average molecular weight is 339 g/mol. The minimum atomic E-state index is -3.25. The van der Waals surface area contributed by atoms with E-state index in [1.54, 1.807) is 11.3 Å². The molecule has 3 heterocycles. The molecular formula is C15H21N3O2S2. The maximum Gasteiger partial charge on any atom is 0.178 e. The number of sulfone groups is 1. The Balaban J connectivity index is 1.90. The minimum absolute atomic E-state index is 0.0995. The first-order chi connectivity index (χ1) is 10.5. The van der Waals surface area contributed by atoms with Crippen molar-refractivity contribution in [1.82, 2.24) is 15.1 Å². The zero-order valence-electron chi connectivity index (χ0n) is 12.9. The highest BCUT2D eigenvalue weighted by atomic mass is 32.2. The molecule has 0 saturated carbocycles. The van der Waals surface area contributed by atoms with Crippen molar-refractivity contribution in [2.24, 2.45) is 0 Å². The van der Waals surface area contributed by atoms with Gasteiger partial charge < -0.3 is 0 Å². The number of hydrogen-bond donors (Lipinski definition) is 1. The number of H-pyrrole nitrogens is 1. The summed E-state index contributed by atoms with van der Waals surface area (Å²) in [5, 5.41) is 9.04. The van der Waals surface area contributed by atoms with Crippen LogP contribution < -0.4 is 0 Å². The van der Waals surface area contributed by atoms with Gasteiger partial charge in [-0.25, -0.2) is 8.42 Å². The maximum atomic E-state index is 12.0. The Morgan fingerprint density at radius 2 is 2.27 bits per heavy atom. The third-order valence-electron chi connectivity index (χ3n) is 4.29. The van der Waals surface area contributed by atoms with Gasteiger partial charge in [-0.3, -0.25) is 10.00 Å². The number of piperidine rings is 1. The Kier molecular flexibility index (Phi) is 4.38. The van der Waals surface area contributed by atoms with E-state index in [2.05, 4.69) is 33.5 Å². The van der Waals surface area contributed by atoms with Crippen LogP contribution in [-0.4, -0.2) is 36.3 Å². The first-order valence-corrected chi connectivity index (χ1v) is 10.2. The van der Waals surface area contributed by atoms with E-state index < -0.39 is 9.84 Å². The van der Waals surface area contributed by atoms with Crippen LogP contribution >= 0.6 is 11.3 Å². The van der Waals surface area contributed by atoms with Gasteiger partial charge in [-0.15, -0.1) is 11.3 Å². The summed E-state index contributed by atoms with van der Waals surface area (Å²) in [5.41, 5.74) is 2.05. The molecule has 5 nitrogen and oxygen atoms in total. The van der Waals surface area contributed by atoms with Crippen LogP contribution in [0, 0.1) is 6.92 Å². The molecule has 120 valence electrons. The molecule has 1 N–H and O–H groups in total. The number of nitrogens with zero attached hydrogens (tertiary/aromatic N) is 2. The first-order valence-electron chi connectivity index (χ1n) is 7.47. The van der Waals surface area contributed by atoms with Crippen LogP contribution in [0.1, 0.15) is 41.4 Å². The van der Waals surface area contributed by atoms with Crippen molar-refractivity contribution in [3.63, 3.8) is 0 Å². The van der Waals surface area contributed by atoms with E-state index in [4.69, 9.17) is 0 Å². The molecule has 1 aliphatic heterocycles. The van der Waals surface area contributed by atoms with Gasteiger partial charge in [0.1, 0.15) is 4.90 Å². The fourth-order valence-corrected chi connectivity index (χ4v) is 4.83. The summed E-state index contributed by atoms with van der Waals surface area (Å²) in [6.45, 7) is 3.99. The lowest BCUT2D eigenvalue weighted by molar-refractivity contribution is 0.136. The van der Waals surface area contributed by atoms with E-state index in [-0.39, 0.29) is 6.04 Å². The maximum absolute atomic E-state index is 12.0. The molecule has 0 radical (unpaired) electrons. The second-order valence-electron chi connectivity index (χ2n) is 5.93. The Morgan fingerprint density at radius 1 is 1.45 bits per heavy atom. The largest absolute Gasteiger partial charge is 0.290 e. The van der Waals surface area contributed by atoms with E-state index in [1.807, 2.05) is 0 Å². The smallest absolute Gasteiger partial charge is 0.178 e. The van der Waals surface area contributed by atoms with E-state index in [0.717, 1.165) is 38.0 Å². The van der Waals surface area contributed by atoms with Crippen LogP contribution in [0.4, 0.5) is 0 Å². The number of thiophene rings is 1. The van der Waals surface area contributed by atoms with E-state index >= 15 is 0 Å². The lowest BCUT2D eigenvalue weighted by Gasteiger charge is -2.35. The molecule has 2 aromatic rings. The molecule has 1 aliphatic rings. The van der Waals surface area contributed by atoms with Crippen molar-refractivity contribution >= 4 is 21.2 Å². The Morgan fingerprint density at radius 3 is 2.95 bits per heavy atom. The monoisotopic (exact) mass is 339 g/mol. The zero-order chi connectivity index (χ0) is 15.7. The van der Waals surface area contributed by atoms with Crippen molar-refractivity contribution in [1.29, 1.82) is 0 Å². The topological polar surface area (TPSA) is 66.1 Å². The van der Waals surface area contributed by atoms with E-state index in [9.17, 15) is 8.42 Å². The van der Waals surface area contributed by atoms with Crippen LogP contribution in [0.15, 0.2) is 22.5 Å². The van der Waals surface area contributed by atoms with Crippen LogP contribution in [0.25, 0.3) is 0 Å². The molecule has 1 unspecified atom stereocenters. The van der Waals surface area contributed by atoms with Crippen LogP contribution in [-0.2, 0) is 16.4 Å². The highest BCUT2D eigenvalue weighted by molar-refractivity contribution is 7.90. The third-order valence-corrected chi connectivity index (χ3v) is 6.43. The van der Waals surface area contributed by atoms with Gasteiger partial charge in [-0.1, -0.05) is 6.42 Å². The molecule has 0 amide bonds. The molecular weight excluding hydrogens is 318 g/mol. The number of hydrogen-bond acceptors (Lipinski definition) is 5. The van der Waals surface area contributed by atoms with Gasteiger partial charge in [0, 0.05) is 17.7 Å². The highest BCUT2D eigenvalue weighted by Crippen LogP contribution is 2.35. The molecule has 0 aliphatic carbocycles. The molecule has 2 aromatic heterocycles. The summed E-state index contributed by atoms with van der Waals surface area (Å²) in [5.74, 6) is 0. The molecule has 22 heavy (non-hydrogen) atoms. The summed E-state index contributed by atoms with van der Waals surface area (Å²) in [6, 6.07) is 2.24. The number of nitrogens with one attached hydrogen (secondary N) is 1. The quantitative estimate of drug-likeness (QED) is 0.930. The third kappa shape index (κ3) is 3.11. The number of aromatic amines is 1. The number of likely N-dealkylation sites (tertiary alicyclic amines) is 1. The van der Waals surface area contributed by atoms with Crippen molar-refractivity contribution in [3.8, 4) is 0 Å². The van der Waals surface area contributed by atoms with Crippen molar-refractivity contribution in [2.75, 3.05) is 12.8 Å². The minimum Gasteiger partial charge on any atom is -0.290 e. The van der Waals surface area contributed by atoms with Crippen molar-refractivity contribution in [2.45, 2.75) is 43.7 Å². The summed E-state index contributed by atoms with van der Waals surface area (Å²) in [4.78, 5) is 4.07. The highest BCUT2D eigenvalue weighted by Gasteiger charge is 2.30. The van der Waals surface area contributed by atoms with Crippen molar-refractivity contribution in [3.05, 3.63) is 33.8 Å². The van der Waals surface area contributed by atoms with E-state index in [1.165, 1.54) is 22.9 Å². The predicted molar refractivity (Wildman–Crippen MR) is 87.8 cm³/mol. The SMILES string of the molecule is Cc1ccsc1CN1CCCCC1c1[nH]ncc1S(C)(=O)=O. The Bertz CT molecular complexity index is 748. The van der Waals surface area contributed by atoms with Gasteiger partial charge in [0.15, 0.2) is 9.84 Å². The molecule has 7 heteroatoms. The first kappa shape index (κ1) is 15.7. The lowest BCUT2D eigenvalue weighted by atomic mass is 9.99. The molecule has 1 saturated heterocycles. The summed E-state index contributed by atoms with van der Waals surface area (Å²) in [7, 11) is -3.25. The number of aromatic nitrogens is 2. The van der Waals surface area contributed by atoms with Gasteiger partial charge >= 0.3 is 0 Å². The second kappa shape index (κ2) is 6.14. The van der Waals surface area contributed by atoms with Gasteiger partial charge in [-0.05, 0) is 43.3 Å². The van der Waals surface area contributed by atoms with Gasteiger partial charge in [0.2, 0.25) is 0 Å². The Hall–Kier alpha value is -1.18. The number of rotatable bonds is 4. The van der Waals surface area contributed by atoms with Crippen molar-refractivity contribution < 1.29 is 8.42 Å². The fourth-order valence-electron chi connectivity index (χ4n) is 3.08. The summed E-state index contributed by atoms with van der Waals surface area (Å²) in [6.07, 6.45) is 5.93. The summed E-state index contributed by atoms with van der Waals surface area (Å²) < 4.78 is 23.9. The van der Waals surface area contributed by atoms with Crippen LogP contribution in [0.3, 0.4) is 0 Å². The zero-order valence-corrected chi connectivity index (χ0v) is 14.5. The van der Waals surface area contributed by atoms with Gasteiger partial charge in [0.25, 0.3) is 0 Å². The van der Waals surface area contributed by atoms with Crippen LogP contribution in [0.2, 0.25) is 0 Å². The number of aryl methyl sites for hydroxylation is 1. The molecule has 0 spiro atoms.